The molecule has 0 aliphatic carbocycles. The number of carbonyl (C=O) groups is 1. The SMILES string of the molecule is NC(=O)C1(O)CCCN(Cc2nc3cc(C(F)(F)F)ccc3o2)C1. The molecule has 24 heavy (non-hydrogen) atoms. The quantitative estimate of drug-likeness (QED) is 0.884. The van der Waals surface area contributed by atoms with Crippen molar-refractivity contribution < 1.29 is 27.5 Å². The van der Waals surface area contributed by atoms with Gasteiger partial charge in [-0.1, -0.05) is 0 Å². The Morgan fingerprint density at radius 1 is 1.46 bits per heavy atom. The van der Waals surface area contributed by atoms with Gasteiger partial charge in [-0.25, -0.2) is 4.98 Å². The summed E-state index contributed by atoms with van der Waals surface area (Å²) in [6.45, 7) is 0.808. The molecule has 6 nitrogen and oxygen atoms in total. The molecule has 0 spiro atoms. The molecule has 3 rings (SSSR count). The van der Waals surface area contributed by atoms with E-state index in [1.807, 2.05) is 0 Å². The van der Waals surface area contributed by atoms with E-state index < -0.39 is 23.2 Å². The number of piperidine rings is 1. The minimum absolute atomic E-state index is 0.0366. The highest BCUT2D eigenvalue weighted by Gasteiger charge is 2.39. The molecule has 0 saturated carbocycles. The van der Waals surface area contributed by atoms with Gasteiger partial charge in [0, 0.05) is 6.54 Å². The van der Waals surface area contributed by atoms with Crippen LogP contribution in [0.4, 0.5) is 13.2 Å². The van der Waals surface area contributed by atoms with Crippen LogP contribution in [0, 0.1) is 0 Å². The molecule has 1 aromatic heterocycles. The second kappa shape index (κ2) is 5.75. The van der Waals surface area contributed by atoms with Crippen LogP contribution in [0.25, 0.3) is 11.1 Å². The molecule has 1 atom stereocenters. The molecule has 1 aliphatic heterocycles. The number of alkyl halides is 3. The van der Waals surface area contributed by atoms with Crippen molar-refractivity contribution in [2.75, 3.05) is 13.1 Å². The van der Waals surface area contributed by atoms with E-state index in [9.17, 15) is 23.1 Å². The Balaban J connectivity index is 1.79. The Hall–Kier alpha value is -2.13. The average Bonchev–Trinajstić information content (AvgIpc) is 2.87. The monoisotopic (exact) mass is 343 g/mol. The second-order valence-corrected chi connectivity index (χ2v) is 6.00. The molecule has 2 heterocycles. The zero-order valence-corrected chi connectivity index (χ0v) is 12.6. The molecule has 2 aromatic rings. The molecule has 3 N–H and O–H groups in total. The number of benzene rings is 1. The second-order valence-electron chi connectivity index (χ2n) is 6.00. The number of hydrogen-bond donors (Lipinski definition) is 2. The summed E-state index contributed by atoms with van der Waals surface area (Å²) < 4.78 is 43.6. The molecule has 1 aromatic carbocycles. The molecule has 0 radical (unpaired) electrons. The van der Waals surface area contributed by atoms with Crippen molar-refractivity contribution in [3.05, 3.63) is 29.7 Å². The van der Waals surface area contributed by atoms with E-state index in [1.54, 1.807) is 4.90 Å². The lowest BCUT2D eigenvalue weighted by Gasteiger charge is -2.36. The Kier molecular flexibility index (Phi) is 4.00. The summed E-state index contributed by atoms with van der Waals surface area (Å²) >= 11 is 0. The van der Waals surface area contributed by atoms with Gasteiger partial charge in [0.15, 0.2) is 11.2 Å². The summed E-state index contributed by atoms with van der Waals surface area (Å²) in [4.78, 5) is 17.2. The summed E-state index contributed by atoms with van der Waals surface area (Å²) in [5, 5.41) is 10.2. The van der Waals surface area contributed by atoms with Crippen molar-refractivity contribution in [1.29, 1.82) is 0 Å². The average molecular weight is 343 g/mol. The van der Waals surface area contributed by atoms with Crippen LogP contribution in [0.1, 0.15) is 24.3 Å². The molecule has 130 valence electrons. The summed E-state index contributed by atoms with van der Waals surface area (Å²) in [5.41, 5.74) is 3.18. The number of nitrogens with zero attached hydrogens (tertiary/aromatic N) is 2. The zero-order chi connectivity index (χ0) is 17.5. The Labute approximate surface area is 135 Å². The lowest BCUT2D eigenvalue weighted by molar-refractivity contribution is -0.142. The maximum absolute atomic E-state index is 12.7. The number of carbonyl (C=O) groups excluding carboxylic acids is 1. The first-order valence-corrected chi connectivity index (χ1v) is 7.39. The number of amides is 1. The topological polar surface area (TPSA) is 92.6 Å². The van der Waals surface area contributed by atoms with E-state index in [0.717, 1.165) is 12.1 Å². The maximum atomic E-state index is 12.7. The van der Waals surface area contributed by atoms with Crippen LogP contribution in [0.5, 0.6) is 0 Å². The van der Waals surface area contributed by atoms with Crippen molar-refractivity contribution >= 4 is 17.0 Å². The fourth-order valence-electron chi connectivity index (χ4n) is 2.87. The van der Waals surface area contributed by atoms with Crippen molar-refractivity contribution in [2.24, 2.45) is 5.73 Å². The molecular weight excluding hydrogens is 327 g/mol. The van der Waals surface area contributed by atoms with Crippen LogP contribution >= 0.6 is 0 Å². The first-order chi connectivity index (χ1) is 11.2. The molecular formula is C15H16F3N3O3. The molecule has 1 amide bonds. The number of primary amides is 1. The van der Waals surface area contributed by atoms with Crippen LogP contribution < -0.4 is 5.73 Å². The minimum atomic E-state index is -4.45. The largest absolute Gasteiger partial charge is 0.439 e. The third-order valence-electron chi connectivity index (χ3n) is 4.13. The van der Waals surface area contributed by atoms with Crippen LogP contribution in [0.3, 0.4) is 0 Å². The number of fused-ring (bicyclic) bond motifs is 1. The molecule has 9 heteroatoms. The Morgan fingerprint density at radius 3 is 2.88 bits per heavy atom. The first-order valence-electron chi connectivity index (χ1n) is 7.39. The van der Waals surface area contributed by atoms with Gasteiger partial charge in [0.25, 0.3) is 5.91 Å². The lowest BCUT2D eigenvalue weighted by atomic mass is 9.92. The van der Waals surface area contributed by atoms with Crippen LogP contribution in [0.2, 0.25) is 0 Å². The molecule has 0 bridgehead atoms. The highest BCUT2D eigenvalue weighted by molar-refractivity contribution is 5.83. The van der Waals surface area contributed by atoms with Crippen molar-refractivity contribution in [1.82, 2.24) is 9.88 Å². The van der Waals surface area contributed by atoms with Gasteiger partial charge < -0.3 is 15.3 Å². The third kappa shape index (κ3) is 3.22. The van der Waals surface area contributed by atoms with Crippen LogP contribution in [-0.2, 0) is 17.5 Å². The molecule has 1 saturated heterocycles. The third-order valence-corrected chi connectivity index (χ3v) is 4.13. The maximum Gasteiger partial charge on any atom is 0.416 e. The van der Waals surface area contributed by atoms with Gasteiger partial charge in [-0.05, 0) is 37.6 Å². The highest BCUT2D eigenvalue weighted by Crippen LogP contribution is 2.31. The number of halogens is 3. The molecule has 1 unspecified atom stereocenters. The number of β-amino-alcohol motifs (C(OH)–C–C–N with tert-alkyl or cyclic N) is 1. The summed E-state index contributed by atoms with van der Waals surface area (Å²) in [6.07, 6.45) is -3.60. The van der Waals surface area contributed by atoms with Gasteiger partial charge in [0.05, 0.1) is 12.1 Å². The van der Waals surface area contributed by atoms with E-state index in [0.29, 0.717) is 13.0 Å². The highest BCUT2D eigenvalue weighted by atomic mass is 19.4. The van der Waals surface area contributed by atoms with Gasteiger partial charge in [0.2, 0.25) is 5.89 Å². The Morgan fingerprint density at radius 2 is 2.21 bits per heavy atom. The minimum Gasteiger partial charge on any atom is -0.439 e. The normalized spacial score (nSPS) is 22.8. The number of oxazole rings is 1. The number of aliphatic hydroxyl groups is 1. The van der Waals surface area contributed by atoms with Crippen molar-refractivity contribution in [2.45, 2.75) is 31.2 Å². The van der Waals surface area contributed by atoms with Gasteiger partial charge >= 0.3 is 6.18 Å². The predicted octanol–water partition coefficient (Wildman–Crippen LogP) is 1.66. The van der Waals surface area contributed by atoms with Gasteiger partial charge in [0.1, 0.15) is 5.52 Å². The number of nitrogens with two attached hydrogens (primary N) is 1. The predicted molar refractivity (Wildman–Crippen MR) is 77.7 cm³/mol. The van der Waals surface area contributed by atoms with Gasteiger partial charge in [-0.15, -0.1) is 0 Å². The van der Waals surface area contributed by atoms with E-state index in [2.05, 4.69) is 4.98 Å². The van der Waals surface area contributed by atoms with Crippen molar-refractivity contribution in [3.8, 4) is 0 Å². The fraction of sp³-hybridized carbons (Fsp3) is 0.467. The fourth-order valence-corrected chi connectivity index (χ4v) is 2.87. The van der Waals surface area contributed by atoms with E-state index in [1.165, 1.54) is 6.07 Å². The van der Waals surface area contributed by atoms with E-state index in [4.69, 9.17) is 10.2 Å². The van der Waals surface area contributed by atoms with Gasteiger partial charge in [-0.3, -0.25) is 9.69 Å². The smallest absolute Gasteiger partial charge is 0.416 e. The summed E-state index contributed by atoms with van der Waals surface area (Å²) in [7, 11) is 0. The lowest BCUT2D eigenvalue weighted by Crippen LogP contribution is -2.55. The van der Waals surface area contributed by atoms with Gasteiger partial charge in [-0.2, -0.15) is 13.2 Å². The standard InChI is InChI=1S/C15H16F3N3O3/c16-15(17,18)9-2-3-11-10(6-9)20-12(24-11)7-21-5-1-4-14(23,8-21)13(19)22/h2-3,6,23H,1,4-5,7-8H2,(H2,19,22). The molecule has 1 fully saturated rings. The molecule has 1 aliphatic rings. The summed E-state index contributed by atoms with van der Waals surface area (Å²) in [5.74, 6) is -0.572. The van der Waals surface area contributed by atoms with E-state index in [-0.39, 0.29) is 36.5 Å². The van der Waals surface area contributed by atoms with Crippen molar-refractivity contribution in [3.63, 3.8) is 0 Å². The number of aromatic nitrogens is 1. The van der Waals surface area contributed by atoms with Crippen LogP contribution in [0.15, 0.2) is 22.6 Å². The summed E-state index contributed by atoms with van der Waals surface area (Å²) in [6, 6.07) is 3.09. The van der Waals surface area contributed by atoms with E-state index >= 15 is 0 Å². The zero-order valence-electron chi connectivity index (χ0n) is 12.6. The Bertz CT molecular complexity index is 774. The van der Waals surface area contributed by atoms with Crippen LogP contribution in [-0.4, -0.2) is 39.6 Å². The number of rotatable bonds is 3. The number of hydrogen-bond acceptors (Lipinski definition) is 5. The first kappa shape index (κ1) is 16.7. The number of likely N-dealkylation sites (tertiary alicyclic amines) is 1.